The second-order valence-corrected chi connectivity index (χ2v) is 1.50. The zero-order chi connectivity index (χ0) is 6.85. The molecule has 1 rings (SSSR count). The van der Waals surface area contributed by atoms with Crippen LogP contribution in [0.25, 0.3) is 0 Å². The second kappa shape index (κ2) is 1.97. The lowest BCUT2D eigenvalue weighted by Crippen LogP contribution is -2.25. The minimum atomic E-state index is -1.13. The Labute approximate surface area is 49.9 Å². The maximum Gasteiger partial charge on any atom is 0.223 e. The number of pyridine rings is 1. The molecule has 0 unspecified atom stereocenters. The highest BCUT2D eigenvalue weighted by molar-refractivity contribution is 4.93. The summed E-state index contributed by atoms with van der Waals surface area (Å²) in [6, 6.07) is 0.766. The van der Waals surface area contributed by atoms with E-state index in [1.807, 2.05) is 0 Å². The summed E-state index contributed by atoms with van der Waals surface area (Å²) in [6.07, 6.45) is 1.41. The molecule has 2 nitrogen and oxygen atoms in total. The zero-order valence-corrected chi connectivity index (χ0v) is 4.34. The minimum absolute atomic E-state index is 0.193. The zero-order valence-electron chi connectivity index (χ0n) is 4.34. The molecule has 1 heterocycles. The third kappa shape index (κ3) is 1.13. The third-order valence-corrected chi connectivity index (χ3v) is 0.837. The molecule has 0 saturated carbocycles. The standard InChI is InChI=1S/C5H3F2NO/c6-4-1-2-8(9)3-5(4)7/h1-3H. The normalized spacial score (nSPS) is 9.56. The first kappa shape index (κ1) is 5.94. The van der Waals surface area contributed by atoms with E-state index in [2.05, 4.69) is 0 Å². The second-order valence-electron chi connectivity index (χ2n) is 1.50. The van der Waals surface area contributed by atoms with Crippen LogP contribution in [0.3, 0.4) is 0 Å². The molecule has 0 aliphatic carbocycles. The van der Waals surface area contributed by atoms with Gasteiger partial charge >= 0.3 is 0 Å². The van der Waals surface area contributed by atoms with E-state index in [1.54, 1.807) is 0 Å². The van der Waals surface area contributed by atoms with Gasteiger partial charge in [-0.05, 0) is 0 Å². The van der Waals surface area contributed by atoms with Gasteiger partial charge in [0.15, 0.2) is 12.0 Å². The molecule has 9 heavy (non-hydrogen) atoms. The number of rotatable bonds is 0. The molecule has 0 aromatic carbocycles. The van der Waals surface area contributed by atoms with Gasteiger partial charge in [-0.3, -0.25) is 0 Å². The Kier molecular flexibility index (Phi) is 1.30. The van der Waals surface area contributed by atoms with Crippen molar-refractivity contribution in [3.05, 3.63) is 35.3 Å². The average molecular weight is 131 g/mol. The molecular weight excluding hydrogens is 128 g/mol. The monoisotopic (exact) mass is 131 g/mol. The highest BCUT2D eigenvalue weighted by Crippen LogP contribution is 1.98. The van der Waals surface area contributed by atoms with E-state index < -0.39 is 11.6 Å². The predicted octanol–water partition coefficient (Wildman–Crippen LogP) is 0.598. The van der Waals surface area contributed by atoms with E-state index in [0.717, 1.165) is 12.3 Å². The Balaban J connectivity index is 3.17. The van der Waals surface area contributed by atoms with Crippen LogP contribution < -0.4 is 4.73 Å². The van der Waals surface area contributed by atoms with Crippen LogP contribution in [0.5, 0.6) is 0 Å². The van der Waals surface area contributed by atoms with Crippen molar-refractivity contribution in [1.29, 1.82) is 0 Å². The first-order valence-corrected chi connectivity index (χ1v) is 2.24. The van der Waals surface area contributed by atoms with Gasteiger partial charge in [0.05, 0.1) is 0 Å². The quantitative estimate of drug-likeness (QED) is 0.374. The molecule has 0 aliphatic rings. The smallest absolute Gasteiger partial charge is 0.223 e. The lowest BCUT2D eigenvalue weighted by molar-refractivity contribution is -0.607. The molecule has 0 fully saturated rings. The first-order valence-electron chi connectivity index (χ1n) is 2.24. The Morgan fingerprint density at radius 1 is 1.33 bits per heavy atom. The molecule has 0 spiro atoms. The highest BCUT2D eigenvalue weighted by Gasteiger charge is 2.02. The lowest BCUT2D eigenvalue weighted by atomic mass is 10.5. The molecule has 48 valence electrons. The number of hydrogen-bond acceptors (Lipinski definition) is 1. The van der Waals surface area contributed by atoms with Crippen LogP contribution in [0.15, 0.2) is 18.5 Å². The number of aromatic nitrogens is 1. The van der Waals surface area contributed by atoms with Gasteiger partial charge in [0, 0.05) is 6.07 Å². The van der Waals surface area contributed by atoms with Crippen LogP contribution in [0, 0.1) is 16.8 Å². The van der Waals surface area contributed by atoms with Crippen molar-refractivity contribution < 1.29 is 13.5 Å². The molecule has 0 bridgehead atoms. The molecule has 0 N–H and O–H groups in total. The van der Waals surface area contributed by atoms with Gasteiger partial charge in [-0.15, -0.1) is 0 Å². The topological polar surface area (TPSA) is 26.9 Å². The van der Waals surface area contributed by atoms with Crippen molar-refractivity contribution in [1.82, 2.24) is 0 Å². The van der Waals surface area contributed by atoms with E-state index in [1.165, 1.54) is 0 Å². The van der Waals surface area contributed by atoms with Crippen LogP contribution in [-0.4, -0.2) is 0 Å². The van der Waals surface area contributed by atoms with Gasteiger partial charge in [-0.1, -0.05) is 0 Å². The molecular formula is C5H3F2NO. The Bertz CT molecular complexity index is 226. The fourth-order valence-electron chi connectivity index (χ4n) is 0.435. The molecule has 0 saturated heterocycles. The van der Waals surface area contributed by atoms with Crippen molar-refractivity contribution in [3.8, 4) is 0 Å². The summed E-state index contributed by atoms with van der Waals surface area (Å²) in [5.74, 6) is -2.14. The van der Waals surface area contributed by atoms with Gasteiger partial charge in [0.1, 0.15) is 0 Å². The fourth-order valence-corrected chi connectivity index (χ4v) is 0.435. The molecule has 0 aliphatic heterocycles. The Morgan fingerprint density at radius 3 is 2.44 bits per heavy atom. The molecule has 0 atom stereocenters. The van der Waals surface area contributed by atoms with Crippen molar-refractivity contribution in [2.24, 2.45) is 0 Å². The predicted molar refractivity (Wildman–Crippen MR) is 25.3 cm³/mol. The fraction of sp³-hybridized carbons (Fsp3) is 0. The molecule has 1 aromatic rings. The minimum Gasteiger partial charge on any atom is -0.619 e. The molecule has 0 radical (unpaired) electrons. The maximum absolute atomic E-state index is 12.0. The lowest BCUT2D eigenvalue weighted by Gasteiger charge is -1.92. The van der Waals surface area contributed by atoms with Crippen LogP contribution in [0.1, 0.15) is 0 Å². The first-order chi connectivity index (χ1) is 4.20. The van der Waals surface area contributed by atoms with Crippen LogP contribution in [-0.2, 0) is 0 Å². The van der Waals surface area contributed by atoms with Crippen LogP contribution in [0.2, 0.25) is 0 Å². The molecule has 4 heteroatoms. The number of hydrogen-bond donors (Lipinski definition) is 0. The SMILES string of the molecule is [O-][n+]1ccc(F)c(F)c1. The van der Waals surface area contributed by atoms with E-state index >= 15 is 0 Å². The van der Waals surface area contributed by atoms with Gasteiger partial charge in [-0.25, -0.2) is 4.39 Å². The van der Waals surface area contributed by atoms with E-state index in [9.17, 15) is 14.0 Å². The third-order valence-electron chi connectivity index (χ3n) is 0.837. The molecule has 1 aromatic heterocycles. The number of nitrogens with zero attached hydrogens (tertiary/aromatic N) is 1. The summed E-state index contributed by atoms with van der Waals surface area (Å²) in [5, 5.41) is 10.2. The summed E-state index contributed by atoms with van der Waals surface area (Å²) < 4.78 is 24.1. The van der Waals surface area contributed by atoms with Crippen molar-refractivity contribution in [3.63, 3.8) is 0 Å². The summed E-state index contributed by atoms with van der Waals surface area (Å²) >= 11 is 0. The Morgan fingerprint density at radius 2 is 2.00 bits per heavy atom. The van der Waals surface area contributed by atoms with E-state index in [-0.39, 0.29) is 4.73 Å². The largest absolute Gasteiger partial charge is 0.619 e. The van der Waals surface area contributed by atoms with Gasteiger partial charge in [0.2, 0.25) is 12.0 Å². The maximum atomic E-state index is 12.0. The summed E-state index contributed by atoms with van der Waals surface area (Å²) in [7, 11) is 0. The highest BCUT2D eigenvalue weighted by atomic mass is 19.2. The van der Waals surface area contributed by atoms with Crippen LogP contribution in [0.4, 0.5) is 8.78 Å². The average Bonchev–Trinajstić information content (AvgIpc) is 1.80. The Hall–Kier alpha value is -1.19. The summed E-state index contributed by atoms with van der Waals surface area (Å²) in [5.41, 5.74) is 0. The van der Waals surface area contributed by atoms with Gasteiger partial charge in [-0.2, -0.15) is 9.12 Å². The number of halogens is 2. The van der Waals surface area contributed by atoms with Crippen molar-refractivity contribution in [2.45, 2.75) is 0 Å². The van der Waals surface area contributed by atoms with E-state index in [0.29, 0.717) is 6.20 Å². The van der Waals surface area contributed by atoms with Crippen molar-refractivity contribution >= 4 is 0 Å². The van der Waals surface area contributed by atoms with Gasteiger partial charge in [0.25, 0.3) is 0 Å². The van der Waals surface area contributed by atoms with Crippen molar-refractivity contribution in [2.75, 3.05) is 0 Å². The molecule has 0 amide bonds. The summed E-state index contributed by atoms with van der Waals surface area (Å²) in [6.45, 7) is 0. The van der Waals surface area contributed by atoms with E-state index in [4.69, 9.17) is 0 Å². The van der Waals surface area contributed by atoms with Gasteiger partial charge < -0.3 is 5.21 Å². The van der Waals surface area contributed by atoms with Crippen LogP contribution >= 0.6 is 0 Å². The summed E-state index contributed by atoms with van der Waals surface area (Å²) in [4.78, 5) is 0.